The number of carbonyl (C=O) groups is 1. The fraction of sp³-hybridized carbons (Fsp3) is 0.800. The summed E-state index contributed by atoms with van der Waals surface area (Å²) in [4.78, 5) is 12.5. The van der Waals surface area contributed by atoms with Crippen molar-refractivity contribution >= 4 is 6.47 Å². The first kappa shape index (κ1) is 17.3. The molecular weight excluding hydrogens is 294 g/mol. The topological polar surface area (TPSA) is 64.0 Å². The lowest BCUT2D eigenvalue weighted by Crippen LogP contribution is -2.48. The highest BCUT2D eigenvalue weighted by Gasteiger charge is 2.51. The summed E-state index contributed by atoms with van der Waals surface area (Å²) in [6, 6.07) is 0.292. The van der Waals surface area contributed by atoms with Gasteiger partial charge in [0.25, 0.3) is 12.4 Å². The van der Waals surface area contributed by atoms with E-state index < -0.39 is 5.92 Å². The largest absolute Gasteiger partial charge is 0.483 e. The monoisotopic (exact) mass is 318 g/mol. The number of carboxylic acid groups (broad SMARTS) is 1. The van der Waals surface area contributed by atoms with Crippen molar-refractivity contribution < 1.29 is 23.8 Å². The Morgan fingerprint density at radius 3 is 2.64 bits per heavy atom. The van der Waals surface area contributed by atoms with E-state index in [1.807, 2.05) is 4.90 Å². The van der Waals surface area contributed by atoms with Crippen molar-refractivity contribution in [3.63, 3.8) is 0 Å². The van der Waals surface area contributed by atoms with E-state index in [1.165, 1.54) is 0 Å². The zero-order valence-corrected chi connectivity index (χ0v) is 12.7. The van der Waals surface area contributed by atoms with E-state index in [0.29, 0.717) is 19.1 Å². The minimum atomic E-state index is -2.51. The molecule has 0 bridgehead atoms. The van der Waals surface area contributed by atoms with Crippen LogP contribution in [0.2, 0.25) is 0 Å². The summed E-state index contributed by atoms with van der Waals surface area (Å²) in [6.45, 7) is 5.83. The van der Waals surface area contributed by atoms with E-state index in [2.05, 4.69) is 11.5 Å². The van der Waals surface area contributed by atoms with Gasteiger partial charge in [0.1, 0.15) is 0 Å². The van der Waals surface area contributed by atoms with Crippen LogP contribution in [0.4, 0.5) is 8.78 Å². The normalized spacial score (nSPS) is 34.3. The molecule has 7 heteroatoms. The molecule has 126 valence electrons. The van der Waals surface area contributed by atoms with Gasteiger partial charge in [0.2, 0.25) is 0 Å². The lowest BCUT2D eigenvalue weighted by molar-refractivity contribution is -0.122. The van der Waals surface area contributed by atoms with Crippen LogP contribution in [-0.4, -0.2) is 76.8 Å². The Morgan fingerprint density at radius 1 is 1.41 bits per heavy atom. The fourth-order valence-corrected chi connectivity index (χ4v) is 4.05. The molecule has 0 amide bonds. The molecule has 3 aliphatic heterocycles. The van der Waals surface area contributed by atoms with Gasteiger partial charge in [-0.15, -0.1) is 0 Å². The molecule has 2 N–H and O–H groups in total. The van der Waals surface area contributed by atoms with Crippen molar-refractivity contribution in [1.29, 1.82) is 0 Å². The van der Waals surface area contributed by atoms with E-state index in [4.69, 9.17) is 9.90 Å². The number of fused-ring (bicyclic) bond motifs is 1. The van der Waals surface area contributed by atoms with Gasteiger partial charge in [0.05, 0.1) is 13.2 Å². The van der Waals surface area contributed by atoms with Crippen LogP contribution in [0.1, 0.15) is 25.7 Å². The van der Waals surface area contributed by atoms with Gasteiger partial charge in [-0.25, -0.2) is 8.78 Å². The summed E-state index contributed by atoms with van der Waals surface area (Å²) in [5, 5.41) is 16.6. The molecule has 5 nitrogen and oxygen atoms in total. The van der Waals surface area contributed by atoms with E-state index in [-0.39, 0.29) is 31.6 Å². The molecule has 3 aliphatic rings. The number of rotatable bonds is 3. The summed E-state index contributed by atoms with van der Waals surface area (Å²) >= 11 is 0. The highest BCUT2D eigenvalue weighted by Crippen LogP contribution is 2.44. The Morgan fingerprint density at radius 2 is 2.09 bits per heavy atom. The second kappa shape index (κ2) is 6.60. The molecule has 2 unspecified atom stereocenters. The lowest BCUT2D eigenvalue weighted by atomic mass is 9.94. The molecule has 3 rings (SSSR count). The van der Waals surface area contributed by atoms with Crippen LogP contribution in [0, 0.1) is 0 Å². The van der Waals surface area contributed by atoms with Gasteiger partial charge in [-0.3, -0.25) is 14.6 Å². The third kappa shape index (κ3) is 3.47. The Hall–Kier alpha value is -1.05. The van der Waals surface area contributed by atoms with E-state index >= 15 is 0 Å². The molecule has 3 saturated heterocycles. The Bertz CT molecular complexity index is 433. The number of aliphatic hydroxyl groups is 1. The molecule has 0 saturated carbocycles. The maximum Gasteiger partial charge on any atom is 0.290 e. The minimum Gasteiger partial charge on any atom is -0.483 e. The molecule has 2 atom stereocenters. The molecular formula is C15H24F2N2O3. The summed E-state index contributed by atoms with van der Waals surface area (Å²) in [6.07, 6.45) is 2.79. The van der Waals surface area contributed by atoms with Crippen molar-refractivity contribution in [3.05, 3.63) is 12.2 Å². The van der Waals surface area contributed by atoms with Gasteiger partial charge in [0.15, 0.2) is 0 Å². The van der Waals surface area contributed by atoms with Crippen LogP contribution in [0.25, 0.3) is 0 Å². The Balaban J connectivity index is 0.000000545. The van der Waals surface area contributed by atoms with Crippen molar-refractivity contribution in [1.82, 2.24) is 9.80 Å². The third-order valence-electron chi connectivity index (χ3n) is 4.98. The number of likely N-dealkylation sites (tertiary alicyclic amines) is 1. The Kier molecular flexibility index (Phi) is 5.19. The predicted octanol–water partition coefficient (Wildman–Crippen LogP) is 1.18. The van der Waals surface area contributed by atoms with Crippen LogP contribution in [0.15, 0.2) is 12.2 Å². The molecule has 0 aromatic carbocycles. The van der Waals surface area contributed by atoms with Crippen molar-refractivity contribution in [2.75, 3.05) is 32.8 Å². The number of halogens is 2. The van der Waals surface area contributed by atoms with Gasteiger partial charge >= 0.3 is 0 Å². The molecule has 22 heavy (non-hydrogen) atoms. The van der Waals surface area contributed by atoms with E-state index in [0.717, 1.165) is 31.4 Å². The minimum absolute atomic E-state index is 0.0163. The first-order chi connectivity index (χ1) is 10.4. The molecule has 0 radical (unpaired) electrons. The number of hydrogen-bond donors (Lipinski definition) is 2. The maximum atomic E-state index is 13.2. The number of hydrogen-bond acceptors (Lipinski definition) is 4. The van der Waals surface area contributed by atoms with Crippen molar-refractivity contribution in [2.45, 2.75) is 43.2 Å². The van der Waals surface area contributed by atoms with Gasteiger partial charge < -0.3 is 10.2 Å². The van der Waals surface area contributed by atoms with Crippen LogP contribution >= 0.6 is 0 Å². The quantitative estimate of drug-likeness (QED) is 0.604. The first-order valence-corrected chi connectivity index (χ1v) is 7.58. The summed E-state index contributed by atoms with van der Waals surface area (Å²) in [7, 11) is 0. The van der Waals surface area contributed by atoms with Gasteiger partial charge in [-0.1, -0.05) is 12.2 Å². The van der Waals surface area contributed by atoms with Gasteiger partial charge in [-0.05, 0) is 19.3 Å². The van der Waals surface area contributed by atoms with Crippen molar-refractivity contribution in [3.8, 4) is 0 Å². The van der Waals surface area contributed by atoms with Crippen LogP contribution in [0.5, 0.6) is 0 Å². The van der Waals surface area contributed by atoms with Crippen LogP contribution < -0.4 is 0 Å². The lowest BCUT2D eigenvalue weighted by Gasteiger charge is -2.34. The van der Waals surface area contributed by atoms with E-state index in [9.17, 15) is 13.9 Å². The van der Waals surface area contributed by atoms with Crippen LogP contribution in [0.3, 0.4) is 0 Å². The van der Waals surface area contributed by atoms with Crippen molar-refractivity contribution in [2.24, 2.45) is 0 Å². The smallest absolute Gasteiger partial charge is 0.290 e. The highest BCUT2D eigenvalue weighted by atomic mass is 19.3. The fourth-order valence-electron chi connectivity index (χ4n) is 4.05. The Labute approximate surface area is 129 Å². The molecule has 3 fully saturated rings. The average Bonchev–Trinajstić information content (AvgIpc) is 3.05. The molecule has 0 aromatic heterocycles. The number of aliphatic hydroxyl groups excluding tert-OH is 1. The van der Waals surface area contributed by atoms with E-state index in [1.54, 1.807) is 0 Å². The SMILES string of the molecule is C=C1CN2C(CN3CCC(F)(F)C3)CCC2(CO)C1.O=CO. The maximum absolute atomic E-state index is 13.2. The predicted molar refractivity (Wildman–Crippen MR) is 78.0 cm³/mol. The second-order valence-electron chi connectivity index (χ2n) is 6.58. The standard InChI is InChI=1S/C14H22F2N2O.CH2O2/c1-11-6-13(10-19)3-2-12(18(13)7-11)8-17-5-4-14(15,16)9-17;2-1-3/h12,19H,1-10H2;1H,(H,2,3). The zero-order valence-electron chi connectivity index (χ0n) is 12.7. The summed E-state index contributed by atoms with van der Waals surface area (Å²) < 4.78 is 26.5. The first-order valence-electron chi connectivity index (χ1n) is 7.58. The third-order valence-corrected chi connectivity index (χ3v) is 4.98. The van der Waals surface area contributed by atoms with Gasteiger partial charge in [-0.2, -0.15) is 0 Å². The molecule has 0 spiro atoms. The number of nitrogens with zero attached hydrogens (tertiary/aromatic N) is 2. The second-order valence-corrected chi connectivity index (χ2v) is 6.58. The number of alkyl halides is 2. The van der Waals surface area contributed by atoms with Gasteiger partial charge in [0, 0.05) is 37.6 Å². The molecule has 0 aliphatic carbocycles. The zero-order chi connectivity index (χ0) is 16.4. The highest BCUT2D eigenvalue weighted by molar-refractivity contribution is 5.32. The average molecular weight is 318 g/mol. The summed E-state index contributed by atoms with van der Waals surface area (Å²) in [5.41, 5.74) is 1.01. The van der Waals surface area contributed by atoms with Crippen LogP contribution in [-0.2, 0) is 4.79 Å². The molecule has 0 aromatic rings. The molecule has 3 heterocycles. The summed E-state index contributed by atoms with van der Waals surface area (Å²) in [5.74, 6) is -2.51.